The van der Waals surface area contributed by atoms with Gasteiger partial charge in [0.25, 0.3) is 5.91 Å². The maximum Gasteiger partial charge on any atom is 0.255 e. The van der Waals surface area contributed by atoms with Crippen molar-refractivity contribution in [3.05, 3.63) is 71.0 Å². The van der Waals surface area contributed by atoms with E-state index in [0.29, 0.717) is 47.0 Å². The minimum absolute atomic E-state index is 0.0153. The summed E-state index contributed by atoms with van der Waals surface area (Å²) in [6.07, 6.45) is 8.91. The molecule has 3 amide bonds. The van der Waals surface area contributed by atoms with Gasteiger partial charge in [0.1, 0.15) is 5.84 Å². The molecule has 0 fully saturated rings. The van der Waals surface area contributed by atoms with Crippen LogP contribution in [0.25, 0.3) is 6.08 Å². The van der Waals surface area contributed by atoms with Crippen LogP contribution < -0.4 is 22.1 Å². The normalized spacial score (nSPS) is 14.4. The van der Waals surface area contributed by atoms with Crippen LogP contribution in [0.4, 0.5) is 5.69 Å². The lowest BCUT2D eigenvalue weighted by molar-refractivity contribution is -0.127. The standard InChI is InChI=1S/C31H44N6O3/c1-7-13-37(14-8-2)31(40)24-16-22-11-12-23(17-26(22)36-27(32)18-24)29(38)35-25(10-4)15-21(9-3)19-34-30(39)28(33)20(5)6/h9-12,15-17,20,28H,3,7-8,13-14,18-19,33H2,1-2,4-6H3,(H2,32,36)(H,34,39)(H,35,38)/b21-15+,25-10+. The van der Waals surface area contributed by atoms with Gasteiger partial charge in [-0.1, -0.05) is 52.5 Å². The average Bonchev–Trinajstić information content (AvgIpc) is 3.10. The van der Waals surface area contributed by atoms with E-state index in [4.69, 9.17) is 11.5 Å². The van der Waals surface area contributed by atoms with Crippen LogP contribution in [0.1, 0.15) is 69.8 Å². The number of amides is 3. The molecule has 9 heteroatoms. The lowest BCUT2D eigenvalue weighted by Crippen LogP contribution is -2.44. The Hall–Kier alpha value is -3.98. The molecule has 1 aromatic carbocycles. The highest BCUT2D eigenvalue weighted by Crippen LogP contribution is 2.28. The van der Waals surface area contributed by atoms with Gasteiger partial charge in [-0.2, -0.15) is 0 Å². The summed E-state index contributed by atoms with van der Waals surface area (Å²) in [5, 5.41) is 5.69. The summed E-state index contributed by atoms with van der Waals surface area (Å²) in [4.78, 5) is 44.9. The van der Waals surface area contributed by atoms with E-state index in [2.05, 4.69) is 22.2 Å². The number of hydrogen-bond donors (Lipinski definition) is 4. The zero-order valence-electron chi connectivity index (χ0n) is 24.4. The largest absolute Gasteiger partial charge is 0.387 e. The number of amidine groups is 1. The Morgan fingerprint density at radius 2 is 1.85 bits per heavy atom. The highest BCUT2D eigenvalue weighted by molar-refractivity contribution is 6.06. The summed E-state index contributed by atoms with van der Waals surface area (Å²) in [5.41, 5.74) is 15.6. The fourth-order valence-corrected chi connectivity index (χ4v) is 4.11. The van der Waals surface area contributed by atoms with Crippen LogP contribution in [0, 0.1) is 5.92 Å². The Morgan fingerprint density at radius 1 is 1.18 bits per heavy atom. The third-order valence-corrected chi connectivity index (χ3v) is 6.47. The second kappa shape index (κ2) is 15.6. The van der Waals surface area contributed by atoms with Gasteiger partial charge in [-0.25, -0.2) is 4.99 Å². The molecule has 0 bridgehead atoms. The molecule has 0 saturated carbocycles. The summed E-state index contributed by atoms with van der Waals surface area (Å²) < 4.78 is 0. The van der Waals surface area contributed by atoms with E-state index < -0.39 is 6.04 Å². The molecule has 0 spiro atoms. The molecule has 1 aliphatic heterocycles. The van der Waals surface area contributed by atoms with Crippen LogP contribution >= 0.6 is 0 Å². The van der Waals surface area contributed by atoms with Gasteiger partial charge in [-0.05, 0) is 55.5 Å². The van der Waals surface area contributed by atoms with E-state index in [1.807, 2.05) is 38.7 Å². The smallest absolute Gasteiger partial charge is 0.255 e. The molecule has 216 valence electrons. The number of nitrogens with two attached hydrogens (primary N) is 2. The molecule has 0 aliphatic carbocycles. The number of nitrogens with zero attached hydrogens (tertiary/aromatic N) is 2. The van der Waals surface area contributed by atoms with Gasteiger partial charge in [0.15, 0.2) is 0 Å². The van der Waals surface area contributed by atoms with Crippen molar-refractivity contribution in [1.29, 1.82) is 0 Å². The Labute approximate surface area is 238 Å². The van der Waals surface area contributed by atoms with Crippen molar-refractivity contribution in [3.63, 3.8) is 0 Å². The molecule has 1 aromatic rings. The molecule has 0 aromatic heterocycles. The number of aliphatic imine (C=N–C) groups is 1. The minimum atomic E-state index is -0.604. The van der Waals surface area contributed by atoms with Gasteiger partial charge < -0.3 is 27.0 Å². The first kappa shape index (κ1) is 32.2. The number of carbonyl (C=O) groups excluding carboxylic acids is 3. The molecule has 2 rings (SSSR count). The summed E-state index contributed by atoms with van der Waals surface area (Å²) >= 11 is 0. The SMILES string of the molecule is C=C/C(=C\C(=C/C)NC(=O)c1ccc2c(c1)N=C(N)CC(C(=O)N(CCC)CCC)=C2)CNC(=O)C(N)C(C)C. The Kier molecular flexibility index (Phi) is 12.5. The summed E-state index contributed by atoms with van der Waals surface area (Å²) in [6.45, 7) is 15.0. The predicted molar refractivity (Wildman–Crippen MR) is 163 cm³/mol. The van der Waals surface area contributed by atoms with E-state index in [9.17, 15) is 14.4 Å². The molecule has 1 aliphatic rings. The fourth-order valence-electron chi connectivity index (χ4n) is 4.11. The number of allylic oxidation sites excluding steroid dienone is 2. The monoisotopic (exact) mass is 548 g/mol. The number of hydrogen-bond acceptors (Lipinski definition) is 6. The molecule has 0 saturated heterocycles. The number of nitrogens with one attached hydrogen (secondary N) is 2. The van der Waals surface area contributed by atoms with E-state index in [1.165, 1.54) is 0 Å². The van der Waals surface area contributed by atoms with Gasteiger partial charge in [0.2, 0.25) is 11.8 Å². The van der Waals surface area contributed by atoms with Crippen molar-refractivity contribution in [2.75, 3.05) is 19.6 Å². The van der Waals surface area contributed by atoms with Crippen LogP contribution in [-0.2, 0) is 9.59 Å². The summed E-state index contributed by atoms with van der Waals surface area (Å²) in [5.74, 6) is -0.295. The van der Waals surface area contributed by atoms with Crippen LogP contribution in [-0.4, -0.2) is 54.1 Å². The van der Waals surface area contributed by atoms with Crippen LogP contribution in [0.15, 0.2) is 64.8 Å². The predicted octanol–water partition coefficient (Wildman–Crippen LogP) is 3.96. The topological polar surface area (TPSA) is 143 Å². The van der Waals surface area contributed by atoms with Crippen molar-refractivity contribution < 1.29 is 14.4 Å². The fraction of sp³-hybridized carbons (Fsp3) is 0.419. The third kappa shape index (κ3) is 9.05. The second-order valence-corrected chi connectivity index (χ2v) is 10.1. The highest BCUT2D eigenvalue weighted by Gasteiger charge is 2.21. The molecular weight excluding hydrogens is 504 g/mol. The van der Waals surface area contributed by atoms with E-state index in [-0.39, 0.29) is 36.6 Å². The number of carbonyl (C=O) groups is 3. The van der Waals surface area contributed by atoms with Crippen LogP contribution in [0.5, 0.6) is 0 Å². The Morgan fingerprint density at radius 3 is 2.42 bits per heavy atom. The average molecular weight is 549 g/mol. The molecule has 1 unspecified atom stereocenters. The zero-order chi connectivity index (χ0) is 29.8. The molecule has 1 atom stereocenters. The van der Waals surface area contributed by atoms with Crippen LogP contribution in [0.3, 0.4) is 0 Å². The quantitative estimate of drug-likeness (QED) is 0.276. The lowest BCUT2D eigenvalue weighted by atomic mass is 10.0. The van der Waals surface area contributed by atoms with Crippen LogP contribution in [0.2, 0.25) is 0 Å². The van der Waals surface area contributed by atoms with Gasteiger partial charge in [-0.15, -0.1) is 0 Å². The summed E-state index contributed by atoms with van der Waals surface area (Å²) in [6, 6.07) is 4.53. The van der Waals surface area contributed by atoms with Gasteiger partial charge in [-0.3, -0.25) is 14.4 Å². The molecule has 40 heavy (non-hydrogen) atoms. The van der Waals surface area contributed by atoms with Gasteiger partial charge in [0, 0.05) is 48.5 Å². The maximum absolute atomic E-state index is 13.2. The molecule has 9 nitrogen and oxygen atoms in total. The third-order valence-electron chi connectivity index (χ3n) is 6.47. The summed E-state index contributed by atoms with van der Waals surface area (Å²) in [7, 11) is 0. The lowest BCUT2D eigenvalue weighted by Gasteiger charge is -2.22. The number of rotatable bonds is 13. The van der Waals surface area contributed by atoms with Crippen molar-refractivity contribution >= 4 is 35.3 Å². The van der Waals surface area contributed by atoms with Crippen molar-refractivity contribution in [1.82, 2.24) is 15.5 Å². The van der Waals surface area contributed by atoms with Crippen molar-refractivity contribution in [3.8, 4) is 0 Å². The van der Waals surface area contributed by atoms with Gasteiger partial charge >= 0.3 is 0 Å². The first-order chi connectivity index (χ1) is 19.0. The first-order valence-electron chi connectivity index (χ1n) is 13.8. The van der Waals surface area contributed by atoms with Crippen molar-refractivity contribution in [2.45, 2.75) is 59.9 Å². The number of benzene rings is 1. The van der Waals surface area contributed by atoms with E-state index >= 15 is 0 Å². The van der Waals surface area contributed by atoms with E-state index in [0.717, 1.165) is 18.4 Å². The van der Waals surface area contributed by atoms with Crippen molar-refractivity contribution in [2.24, 2.45) is 22.4 Å². The molecular formula is C31H44N6O3. The molecule has 0 radical (unpaired) electrons. The molecule has 1 heterocycles. The zero-order valence-corrected chi connectivity index (χ0v) is 24.4. The maximum atomic E-state index is 13.2. The highest BCUT2D eigenvalue weighted by atomic mass is 16.2. The van der Waals surface area contributed by atoms with E-state index in [1.54, 1.807) is 43.4 Å². The molecule has 6 N–H and O–H groups in total. The minimum Gasteiger partial charge on any atom is -0.387 e. The first-order valence-corrected chi connectivity index (χ1v) is 13.8. The van der Waals surface area contributed by atoms with Gasteiger partial charge in [0.05, 0.1) is 11.7 Å². The Balaban J connectivity index is 2.22. The Bertz CT molecular complexity index is 1220. The number of fused-ring (bicyclic) bond motifs is 1. The second-order valence-electron chi connectivity index (χ2n) is 10.1.